The van der Waals surface area contributed by atoms with Gasteiger partial charge in [-0.05, 0) is 43.9 Å². The lowest BCUT2D eigenvalue weighted by Gasteiger charge is -2.54. The molecule has 0 radical (unpaired) electrons. The molecule has 13 heavy (non-hydrogen) atoms. The van der Waals surface area contributed by atoms with Crippen molar-refractivity contribution in [1.82, 2.24) is 0 Å². The van der Waals surface area contributed by atoms with Crippen LogP contribution in [0.5, 0.6) is 0 Å². The molecule has 2 aliphatic carbocycles. The van der Waals surface area contributed by atoms with Crippen LogP contribution in [0.25, 0.3) is 0 Å². The normalized spacial score (nSPS) is 51.5. The zero-order valence-electron chi connectivity index (χ0n) is 8.97. The zero-order valence-corrected chi connectivity index (χ0v) is 8.97. The molecule has 2 aliphatic rings. The van der Waals surface area contributed by atoms with Crippen molar-refractivity contribution in [1.29, 1.82) is 0 Å². The minimum absolute atomic E-state index is 0.226. The summed E-state index contributed by atoms with van der Waals surface area (Å²) in [4.78, 5) is 0. The van der Waals surface area contributed by atoms with Crippen LogP contribution in [0.2, 0.25) is 0 Å². The predicted octanol–water partition coefficient (Wildman–Crippen LogP) is 3.12. The van der Waals surface area contributed by atoms with Gasteiger partial charge in [-0.2, -0.15) is 0 Å². The van der Waals surface area contributed by atoms with Gasteiger partial charge in [-0.3, -0.25) is 0 Å². The summed E-state index contributed by atoms with van der Waals surface area (Å²) < 4.78 is 0. The van der Waals surface area contributed by atoms with Gasteiger partial charge < -0.3 is 5.11 Å². The highest BCUT2D eigenvalue weighted by Gasteiger charge is 2.51. The van der Waals surface area contributed by atoms with E-state index in [1.54, 1.807) is 0 Å². The monoisotopic (exact) mass is 182 g/mol. The Morgan fingerprint density at radius 1 is 1.00 bits per heavy atom. The molecule has 0 spiro atoms. The topological polar surface area (TPSA) is 20.2 Å². The van der Waals surface area contributed by atoms with Crippen LogP contribution in [-0.2, 0) is 0 Å². The number of hydrogen-bond acceptors (Lipinski definition) is 1. The van der Waals surface area contributed by atoms with Crippen molar-refractivity contribution in [3.05, 3.63) is 0 Å². The lowest BCUT2D eigenvalue weighted by molar-refractivity contribution is -0.140. The minimum atomic E-state index is -0.393. The lowest BCUT2D eigenvalue weighted by Crippen LogP contribution is -2.52. The van der Waals surface area contributed by atoms with Gasteiger partial charge in [0, 0.05) is 0 Å². The van der Waals surface area contributed by atoms with E-state index in [9.17, 15) is 5.11 Å². The van der Waals surface area contributed by atoms with Crippen LogP contribution in [0.1, 0.15) is 58.8 Å². The summed E-state index contributed by atoms with van der Waals surface area (Å²) in [7, 11) is 0. The van der Waals surface area contributed by atoms with Crippen LogP contribution >= 0.6 is 0 Å². The molecule has 1 N–H and O–H groups in total. The fourth-order valence-electron chi connectivity index (χ4n) is 3.56. The van der Waals surface area contributed by atoms with Crippen LogP contribution in [0.3, 0.4) is 0 Å². The summed E-state index contributed by atoms with van der Waals surface area (Å²) in [6, 6.07) is 0. The Hall–Kier alpha value is -0.0400. The summed E-state index contributed by atoms with van der Waals surface area (Å²) in [5.74, 6) is 0.796. The molecule has 0 heterocycles. The van der Waals surface area contributed by atoms with Crippen LogP contribution < -0.4 is 0 Å². The molecule has 0 aromatic carbocycles. The van der Waals surface area contributed by atoms with Gasteiger partial charge in [0.05, 0.1) is 5.60 Å². The lowest BCUT2D eigenvalue weighted by atomic mass is 9.54. The van der Waals surface area contributed by atoms with Gasteiger partial charge in [-0.15, -0.1) is 0 Å². The van der Waals surface area contributed by atoms with Crippen molar-refractivity contribution >= 4 is 0 Å². The van der Waals surface area contributed by atoms with E-state index in [-0.39, 0.29) is 5.41 Å². The average Bonchev–Trinajstić information content (AvgIpc) is 2.06. The molecule has 0 amide bonds. The second kappa shape index (κ2) is 2.98. The molecule has 2 saturated carbocycles. The molecule has 1 heteroatoms. The average molecular weight is 182 g/mol. The van der Waals surface area contributed by atoms with E-state index >= 15 is 0 Å². The Balaban J connectivity index is 2.24. The molecule has 0 aromatic rings. The second-order valence-corrected chi connectivity index (χ2v) is 5.53. The summed E-state index contributed by atoms with van der Waals surface area (Å²) in [5.41, 5.74) is -0.167. The van der Waals surface area contributed by atoms with E-state index in [1.165, 1.54) is 38.5 Å². The third kappa shape index (κ3) is 1.32. The third-order valence-electron chi connectivity index (χ3n) is 4.85. The molecule has 0 aliphatic heterocycles. The maximum atomic E-state index is 10.4. The fraction of sp³-hybridized carbons (Fsp3) is 1.00. The fourth-order valence-corrected chi connectivity index (χ4v) is 3.56. The third-order valence-corrected chi connectivity index (χ3v) is 4.85. The van der Waals surface area contributed by atoms with E-state index in [0.29, 0.717) is 0 Å². The molecular weight excluding hydrogens is 160 g/mol. The Labute approximate surface area is 81.5 Å². The van der Waals surface area contributed by atoms with E-state index in [0.717, 1.165) is 12.3 Å². The second-order valence-electron chi connectivity index (χ2n) is 5.53. The van der Waals surface area contributed by atoms with Gasteiger partial charge in [0.25, 0.3) is 0 Å². The molecule has 2 fully saturated rings. The highest BCUT2D eigenvalue weighted by molar-refractivity contribution is 5.02. The van der Waals surface area contributed by atoms with Gasteiger partial charge in [0.2, 0.25) is 0 Å². The first kappa shape index (κ1) is 9.51. The van der Waals surface area contributed by atoms with Gasteiger partial charge in [-0.25, -0.2) is 0 Å². The maximum absolute atomic E-state index is 10.4. The van der Waals surface area contributed by atoms with Crippen molar-refractivity contribution in [2.24, 2.45) is 11.3 Å². The van der Waals surface area contributed by atoms with Crippen molar-refractivity contribution in [2.45, 2.75) is 64.4 Å². The Kier molecular flexibility index (Phi) is 2.18. The van der Waals surface area contributed by atoms with E-state index < -0.39 is 5.60 Å². The number of aliphatic hydroxyl groups is 1. The molecule has 3 atom stereocenters. The van der Waals surface area contributed by atoms with E-state index in [4.69, 9.17) is 0 Å². The molecule has 0 unspecified atom stereocenters. The molecule has 2 rings (SSSR count). The van der Waals surface area contributed by atoms with Crippen molar-refractivity contribution in [2.75, 3.05) is 0 Å². The van der Waals surface area contributed by atoms with Crippen LogP contribution in [0, 0.1) is 11.3 Å². The van der Waals surface area contributed by atoms with E-state index in [2.05, 4.69) is 13.8 Å². The quantitative estimate of drug-likeness (QED) is 0.610. The highest BCUT2D eigenvalue weighted by atomic mass is 16.3. The van der Waals surface area contributed by atoms with Crippen molar-refractivity contribution in [3.8, 4) is 0 Å². The largest absolute Gasteiger partial charge is 0.390 e. The van der Waals surface area contributed by atoms with Crippen LogP contribution in [0.15, 0.2) is 0 Å². The van der Waals surface area contributed by atoms with Gasteiger partial charge in [0.15, 0.2) is 0 Å². The minimum Gasteiger partial charge on any atom is -0.390 e. The Morgan fingerprint density at radius 2 is 1.69 bits per heavy atom. The maximum Gasteiger partial charge on any atom is 0.0675 e. The molecule has 0 saturated heterocycles. The molecule has 76 valence electrons. The van der Waals surface area contributed by atoms with Crippen molar-refractivity contribution < 1.29 is 5.11 Å². The number of fused-ring (bicyclic) bond motifs is 1. The highest BCUT2D eigenvalue weighted by Crippen LogP contribution is 2.54. The Bertz CT molecular complexity index is 195. The van der Waals surface area contributed by atoms with Crippen molar-refractivity contribution in [3.63, 3.8) is 0 Å². The SMILES string of the molecule is C[C@]12CCCC[C@@H]1CCC[C@@]2(C)O. The zero-order chi connectivity index (χ0) is 9.53. The van der Waals surface area contributed by atoms with Gasteiger partial charge in [-0.1, -0.05) is 26.2 Å². The molecular formula is C12H22O. The first-order chi connectivity index (χ1) is 6.06. The van der Waals surface area contributed by atoms with Gasteiger partial charge >= 0.3 is 0 Å². The van der Waals surface area contributed by atoms with Crippen LogP contribution in [-0.4, -0.2) is 10.7 Å². The number of hydrogen-bond donors (Lipinski definition) is 1. The summed E-state index contributed by atoms with van der Waals surface area (Å²) >= 11 is 0. The van der Waals surface area contributed by atoms with Gasteiger partial charge in [0.1, 0.15) is 0 Å². The standard InChI is InChI=1S/C12H22O/c1-11-8-4-3-6-10(11)7-5-9-12(11,2)13/h10,13H,3-9H2,1-2H3/t10-,11+,12-/m1/s1. The number of rotatable bonds is 0. The molecule has 0 aromatic heterocycles. The predicted molar refractivity (Wildman–Crippen MR) is 54.5 cm³/mol. The molecule has 1 nitrogen and oxygen atoms in total. The first-order valence-corrected chi connectivity index (χ1v) is 5.79. The molecule has 0 bridgehead atoms. The Morgan fingerprint density at radius 3 is 2.38 bits per heavy atom. The smallest absolute Gasteiger partial charge is 0.0675 e. The van der Waals surface area contributed by atoms with Crippen LogP contribution in [0.4, 0.5) is 0 Å². The summed E-state index contributed by atoms with van der Waals surface area (Å²) in [6.07, 6.45) is 8.90. The first-order valence-electron chi connectivity index (χ1n) is 5.79. The van der Waals surface area contributed by atoms with E-state index in [1.807, 2.05) is 0 Å². The summed E-state index contributed by atoms with van der Waals surface area (Å²) in [5, 5.41) is 10.4. The summed E-state index contributed by atoms with van der Waals surface area (Å²) in [6.45, 7) is 4.38.